The molecule has 0 aliphatic heterocycles. The standard InChI is InChI=1S/C20H16FN3O3S/c21-13-7-5-12(6-8-13)11-22-16(25)9-10-24-19(26)18-17(23-20(24)28)14-3-1-2-4-15(14)27-18/h1-8H,9-11H2,(H,22,25)(H,23,28). The summed E-state index contributed by atoms with van der Waals surface area (Å²) in [5, 5.41) is 3.52. The molecule has 2 heterocycles. The molecule has 0 fully saturated rings. The van der Waals surface area contributed by atoms with E-state index in [9.17, 15) is 14.0 Å². The van der Waals surface area contributed by atoms with Crippen molar-refractivity contribution in [2.45, 2.75) is 19.5 Å². The summed E-state index contributed by atoms with van der Waals surface area (Å²) in [6, 6.07) is 13.2. The van der Waals surface area contributed by atoms with Crippen molar-refractivity contribution in [3.63, 3.8) is 0 Å². The molecule has 2 aromatic heterocycles. The predicted molar refractivity (Wildman–Crippen MR) is 106 cm³/mol. The molecule has 28 heavy (non-hydrogen) atoms. The largest absolute Gasteiger partial charge is 0.449 e. The highest BCUT2D eigenvalue weighted by atomic mass is 32.1. The number of hydrogen-bond acceptors (Lipinski definition) is 4. The summed E-state index contributed by atoms with van der Waals surface area (Å²) in [5.74, 6) is -0.569. The molecule has 2 aromatic carbocycles. The number of H-pyrrole nitrogens is 1. The molecule has 0 saturated heterocycles. The van der Waals surface area contributed by atoms with Crippen LogP contribution >= 0.6 is 12.2 Å². The van der Waals surface area contributed by atoms with Crippen LogP contribution in [0.15, 0.2) is 57.7 Å². The lowest BCUT2D eigenvalue weighted by Gasteiger charge is -2.07. The Morgan fingerprint density at radius 1 is 1.18 bits per heavy atom. The molecule has 0 spiro atoms. The van der Waals surface area contributed by atoms with Gasteiger partial charge in [-0.2, -0.15) is 0 Å². The molecule has 6 nitrogen and oxygen atoms in total. The summed E-state index contributed by atoms with van der Waals surface area (Å²) in [7, 11) is 0. The van der Waals surface area contributed by atoms with E-state index in [1.54, 1.807) is 18.2 Å². The fourth-order valence-corrected chi connectivity index (χ4v) is 3.29. The van der Waals surface area contributed by atoms with Gasteiger partial charge in [0.15, 0.2) is 4.77 Å². The van der Waals surface area contributed by atoms with Crippen LogP contribution in [0.25, 0.3) is 22.1 Å². The van der Waals surface area contributed by atoms with Gasteiger partial charge < -0.3 is 14.7 Å². The van der Waals surface area contributed by atoms with E-state index in [0.29, 0.717) is 11.1 Å². The first-order chi connectivity index (χ1) is 13.5. The van der Waals surface area contributed by atoms with Gasteiger partial charge in [-0.25, -0.2) is 4.39 Å². The lowest BCUT2D eigenvalue weighted by atomic mass is 10.2. The normalized spacial score (nSPS) is 11.2. The lowest BCUT2D eigenvalue weighted by Crippen LogP contribution is -2.27. The van der Waals surface area contributed by atoms with E-state index in [1.807, 2.05) is 18.2 Å². The Labute approximate surface area is 163 Å². The molecule has 0 unspecified atom stereocenters. The number of aromatic amines is 1. The van der Waals surface area contributed by atoms with Crippen LogP contribution in [-0.2, 0) is 17.9 Å². The monoisotopic (exact) mass is 397 g/mol. The Hall–Kier alpha value is -3.26. The maximum absolute atomic E-state index is 12.9. The summed E-state index contributed by atoms with van der Waals surface area (Å²) in [6.45, 7) is 0.403. The highest BCUT2D eigenvalue weighted by Gasteiger charge is 2.14. The molecule has 0 aliphatic rings. The summed E-state index contributed by atoms with van der Waals surface area (Å²) >= 11 is 5.30. The number of carbonyl (C=O) groups is 1. The first kappa shape index (κ1) is 18.1. The van der Waals surface area contributed by atoms with E-state index >= 15 is 0 Å². The van der Waals surface area contributed by atoms with Crippen LogP contribution in [0.3, 0.4) is 0 Å². The van der Waals surface area contributed by atoms with Crippen molar-refractivity contribution in [2.24, 2.45) is 0 Å². The fourth-order valence-electron chi connectivity index (χ4n) is 3.02. The van der Waals surface area contributed by atoms with Crippen LogP contribution in [0.4, 0.5) is 4.39 Å². The topological polar surface area (TPSA) is 80.0 Å². The van der Waals surface area contributed by atoms with Gasteiger partial charge in [-0.15, -0.1) is 0 Å². The van der Waals surface area contributed by atoms with E-state index in [0.717, 1.165) is 10.9 Å². The van der Waals surface area contributed by atoms with Gasteiger partial charge in [0, 0.05) is 24.9 Å². The molecule has 0 saturated carbocycles. The van der Waals surface area contributed by atoms with Crippen molar-refractivity contribution in [3.8, 4) is 0 Å². The van der Waals surface area contributed by atoms with Gasteiger partial charge >= 0.3 is 0 Å². The van der Waals surface area contributed by atoms with E-state index < -0.39 is 0 Å². The number of fused-ring (bicyclic) bond motifs is 3. The second kappa shape index (κ2) is 7.40. The molecule has 2 N–H and O–H groups in total. The second-order valence-electron chi connectivity index (χ2n) is 6.34. The Bertz CT molecular complexity index is 1290. The smallest absolute Gasteiger partial charge is 0.297 e. The fraction of sp³-hybridized carbons (Fsp3) is 0.150. The van der Waals surface area contributed by atoms with Gasteiger partial charge in [-0.1, -0.05) is 24.3 Å². The summed E-state index contributed by atoms with van der Waals surface area (Å²) in [6.07, 6.45) is 0.0737. The number of amides is 1. The van der Waals surface area contributed by atoms with Gasteiger partial charge in [0.05, 0.1) is 0 Å². The zero-order valence-electron chi connectivity index (χ0n) is 14.7. The molecule has 1 amide bonds. The van der Waals surface area contributed by atoms with Gasteiger partial charge in [0.2, 0.25) is 11.5 Å². The highest BCUT2D eigenvalue weighted by Crippen LogP contribution is 2.24. The summed E-state index contributed by atoms with van der Waals surface area (Å²) < 4.78 is 20.1. The number of benzene rings is 2. The minimum Gasteiger partial charge on any atom is -0.449 e. The van der Waals surface area contributed by atoms with Crippen LogP contribution in [-0.4, -0.2) is 15.5 Å². The lowest BCUT2D eigenvalue weighted by molar-refractivity contribution is -0.121. The van der Waals surface area contributed by atoms with Crippen molar-refractivity contribution >= 4 is 40.2 Å². The number of nitrogens with zero attached hydrogens (tertiary/aromatic N) is 1. The van der Waals surface area contributed by atoms with E-state index in [4.69, 9.17) is 16.6 Å². The van der Waals surface area contributed by atoms with Crippen LogP contribution in [0.5, 0.6) is 0 Å². The second-order valence-corrected chi connectivity index (χ2v) is 6.73. The third-order valence-electron chi connectivity index (χ3n) is 4.48. The van der Waals surface area contributed by atoms with Crippen molar-refractivity contribution in [1.29, 1.82) is 0 Å². The molecular formula is C20H16FN3O3S. The number of rotatable bonds is 5. The van der Waals surface area contributed by atoms with E-state index in [1.165, 1.54) is 16.7 Å². The van der Waals surface area contributed by atoms with Gasteiger partial charge in [0.25, 0.3) is 5.56 Å². The van der Waals surface area contributed by atoms with Crippen molar-refractivity contribution in [1.82, 2.24) is 14.9 Å². The van der Waals surface area contributed by atoms with Crippen molar-refractivity contribution in [3.05, 3.63) is 75.0 Å². The summed E-state index contributed by atoms with van der Waals surface area (Å²) in [5.41, 5.74) is 1.74. The zero-order chi connectivity index (χ0) is 19.7. The third-order valence-corrected chi connectivity index (χ3v) is 4.80. The summed E-state index contributed by atoms with van der Waals surface area (Å²) in [4.78, 5) is 27.9. The maximum atomic E-state index is 12.9. The third kappa shape index (κ3) is 3.46. The number of hydrogen-bond donors (Lipinski definition) is 2. The van der Waals surface area contributed by atoms with E-state index in [-0.39, 0.29) is 47.1 Å². The van der Waals surface area contributed by atoms with Gasteiger partial charge in [-0.3, -0.25) is 14.2 Å². The first-order valence-corrected chi connectivity index (χ1v) is 9.09. The average Bonchev–Trinajstić information content (AvgIpc) is 3.06. The molecular weight excluding hydrogens is 381 g/mol. The number of nitrogens with one attached hydrogen (secondary N) is 2. The zero-order valence-corrected chi connectivity index (χ0v) is 15.5. The van der Waals surface area contributed by atoms with Crippen LogP contribution in [0.2, 0.25) is 0 Å². The molecule has 0 bridgehead atoms. The molecule has 0 radical (unpaired) electrons. The van der Waals surface area contributed by atoms with Gasteiger partial charge in [0.1, 0.15) is 16.9 Å². The average molecular weight is 397 g/mol. The predicted octanol–water partition coefficient (Wildman–Crippen LogP) is 3.65. The SMILES string of the molecule is O=C(CCn1c(=S)[nH]c2c(oc3ccccc32)c1=O)NCc1ccc(F)cc1. The van der Waals surface area contributed by atoms with Crippen LogP contribution < -0.4 is 10.9 Å². The Balaban J connectivity index is 1.50. The van der Waals surface area contributed by atoms with Gasteiger partial charge in [-0.05, 0) is 42.0 Å². The molecule has 0 atom stereocenters. The highest BCUT2D eigenvalue weighted by molar-refractivity contribution is 7.71. The molecule has 4 aromatic rings. The minimum atomic E-state index is -0.374. The number of aromatic nitrogens is 2. The van der Waals surface area contributed by atoms with E-state index in [2.05, 4.69) is 10.3 Å². The number of halogens is 1. The number of furan rings is 1. The Kier molecular flexibility index (Phi) is 4.79. The maximum Gasteiger partial charge on any atom is 0.297 e. The molecule has 4 rings (SSSR count). The number of para-hydroxylation sites is 1. The molecule has 8 heteroatoms. The van der Waals surface area contributed by atoms with Crippen molar-refractivity contribution < 1.29 is 13.6 Å². The quantitative estimate of drug-likeness (QED) is 0.504. The van der Waals surface area contributed by atoms with Crippen LogP contribution in [0.1, 0.15) is 12.0 Å². The minimum absolute atomic E-state index is 0.0737. The molecule has 0 aliphatic carbocycles. The number of carbonyl (C=O) groups excluding carboxylic acids is 1. The van der Waals surface area contributed by atoms with Crippen LogP contribution in [0, 0.1) is 10.6 Å². The van der Waals surface area contributed by atoms with Crippen molar-refractivity contribution in [2.75, 3.05) is 0 Å². The first-order valence-electron chi connectivity index (χ1n) is 8.68. The Morgan fingerprint density at radius 3 is 2.71 bits per heavy atom. The molecule has 142 valence electrons. The Morgan fingerprint density at radius 2 is 1.93 bits per heavy atom.